The van der Waals surface area contributed by atoms with E-state index in [2.05, 4.69) is 42.7 Å². The van der Waals surface area contributed by atoms with Crippen LogP contribution in [0.2, 0.25) is 0 Å². The number of methoxy groups -OCH3 is 1. The van der Waals surface area contributed by atoms with Crippen LogP contribution in [0.15, 0.2) is 5.38 Å². The van der Waals surface area contributed by atoms with Gasteiger partial charge in [-0.2, -0.15) is 0 Å². The van der Waals surface area contributed by atoms with E-state index >= 15 is 0 Å². The molecule has 0 aliphatic carbocycles. The maximum Gasteiger partial charge on any atom is 0.305 e. The third-order valence-corrected chi connectivity index (χ3v) is 4.47. The number of nitrogens with zero attached hydrogens (tertiary/aromatic N) is 2. The van der Waals surface area contributed by atoms with E-state index in [9.17, 15) is 4.79 Å². The fourth-order valence-electron chi connectivity index (χ4n) is 2.38. The Morgan fingerprint density at radius 2 is 2.05 bits per heavy atom. The highest BCUT2D eigenvalue weighted by atomic mass is 32.1. The van der Waals surface area contributed by atoms with Gasteiger partial charge in [-0.25, -0.2) is 4.98 Å². The number of esters is 1. The number of ether oxygens (including phenoxy) is 1. The molecule has 0 saturated heterocycles. The molecular weight excluding hydrogens is 284 g/mol. The van der Waals surface area contributed by atoms with Gasteiger partial charge >= 0.3 is 5.97 Å². The Hall–Kier alpha value is -1.10. The zero-order valence-corrected chi connectivity index (χ0v) is 14.7. The van der Waals surface area contributed by atoms with Crippen molar-refractivity contribution in [1.82, 2.24) is 4.98 Å². The molecule has 0 aliphatic heterocycles. The molecule has 1 rings (SSSR count). The second kappa shape index (κ2) is 9.03. The van der Waals surface area contributed by atoms with E-state index in [1.165, 1.54) is 7.11 Å². The first-order valence-electron chi connectivity index (χ1n) is 7.79. The standard InChI is InChI=1S/C16H28N2O2S/c1-6-14(7-2)18(10-12(3)4)16-17-13(11-21-16)8-9-15(19)20-5/h11-12,14H,6-10H2,1-5H3. The maximum absolute atomic E-state index is 11.2. The largest absolute Gasteiger partial charge is 0.469 e. The Labute approximate surface area is 132 Å². The van der Waals surface area contributed by atoms with Crippen LogP contribution in [-0.4, -0.2) is 30.6 Å². The van der Waals surface area contributed by atoms with Crippen LogP contribution in [0.1, 0.15) is 52.7 Å². The van der Waals surface area contributed by atoms with E-state index in [1.807, 2.05) is 0 Å². The summed E-state index contributed by atoms with van der Waals surface area (Å²) in [6.07, 6.45) is 3.30. The molecule has 0 spiro atoms. The number of carbonyl (C=O) groups is 1. The predicted molar refractivity (Wildman–Crippen MR) is 89.0 cm³/mol. The molecule has 1 aromatic heterocycles. The van der Waals surface area contributed by atoms with Gasteiger partial charge < -0.3 is 9.64 Å². The molecule has 0 atom stereocenters. The van der Waals surface area contributed by atoms with Crippen molar-refractivity contribution in [3.05, 3.63) is 11.1 Å². The van der Waals surface area contributed by atoms with Crippen LogP contribution in [0.3, 0.4) is 0 Å². The van der Waals surface area contributed by atoms with Gasteiger partial charge in [-0.3, -0.25) is 4.79 Å². The number of hydrogen-bond donors (Lipinski definition) is 0. The summed E-state index contributed by atoms with van der Waals surface area (Å²) in [4.78, 5) is 18.4. The van der Waals surface area contributed by atoms with Crippen molar-refractivity contribution in [1.29, 1.82) is 0 Å². The van der Waals surface area contributed by atoms with E-state index in [0.29, 0.717) is 24.8 Å². The van der Waals surface area contributed by atoms with Gasteiger partial charge in [-0.05, 0) is 18.8 Å². The first-order chi connectivity index (χ1) is 10.0. The second-order valence-electron chi connectivity index (χ2n) is 5.71. The Morgan fingerprint density at radius 1 is 1.38 bits per heavy atom. The van der Waals surface area contributed by atoms with Gasteiger partial charge in [0, 0.05) is 24.4 Å². The van der Waals surface area contributed by atoms with Gasteiger partial charge in [0.15, 0.2) is 5.13 Å². The summed E-state index contributed by atoms with van der Waals surface area (Å²) in [5.41, 5.74) is 0.986. The highest BCUT2D eigenvalue weighted by Gasteiger charge is 2.20. The van der Waals surface area contributed by atoms with E-state index in [4.69, 9.17) is 4.98 Å². The van der Waals surface area contributed by atoms with E-state index in [1.54, 1.807) is 11.3 Å². The van der Waals surface area contributed by atoms with E-state index in [0.717, 1.165) is 30.2 Å². The quantitative estimate of drug-likeness (QED) is 0.649. The lowest BCUT2D eigenvalue weighted by Gasteiger charge is -2.31. The molecule has 1 heterocycles. The van der Waals surface area contributed by atoms with Crippen molar-refractivity contribution in [2.75, 3.05) is 18.6 Å². The highest BCUT2D eigenvalue weighted by molar-refractivity contribution is 7.13. The molecule has 0 bridgehead atoms. The molecule has 21 heavy (non-hydrogen) atoms. The lowest BCUT2D eigenvalue weighted by Crippen LogP contribution is -2.37. The summed E-state index contributed by atoms with van der Waals surface area (Å²) >= 11 is 1.68. The molecule has 0 aromatic carbocycles. The number of rotatable bonds is 9. The normalized spacial score (nSPS) is 11.2. The third kappa shape index (κ3) is 5.65. The molecule has 0 radical (unpaired) electrons. The Kier molecular flexibility index (Phi) is 7.72. The minimum absolute atomic E-state index is 0.177. The number of carbonyl (C=O) groups excluding carboxylic acids is 1. The Bertz CT molecular complexity index is 428. The van der Waals surface area contributed by atoms with Gasteiger partial charge in [-0.15, -0.1) is 11.3 Å². The molecule has 0 saturated carbocycles. The minimum atomic E-state index is -0.177. The van der Waals surface area contributed by atoms with Crippen LogP contribution in [0.5, 0.6) is 0 Å². The number of thiazole rings is 1. The molecule has 0 fully saturated rings. The molecule has 0 aliphatic rings. The molecular formula is C16H28N2O2S. The smallest absolute Gasteiger partial charge is 0.305 e. The molecule has 5 heteroatoms. The first kappa shape index (κ1) is 18.0. The lowest BCUT2D eigenvalue weighted by atomic mass is 10.1. The van der Waals surface area contributed by atoms with Crippen molar-refractivity contribution >= 4 is 22.4 Å². The van der Waals surface area contributed by atoms with Crippen molar-refractivity contribution in [3.8, 4) is 0 Å². The maximum atomic E-state index is 11.2. The Morgan fingerprint density at radius 3 is 2.57 bits per heavy atom. The van der Waals surface area contributed by atoms with Crippen molar-refractivity contribution < 1.29 is 9.53 Å². The summed E-state index contributed by atoms with van der Waals surface area (Å²) in [7, 11) is 1.42. The van der Waals surface area contributed by atoms with Crippen LogP contribution >= 0.6 is 11.3 Å². The van der Waals surface area contributed by atoms with Crippen molar-refractivity contribution in [2.24, 2.45) is 5.92 Å². The van der Waals surface area contributed by atoms with Crippen LogP contribution in [0.25, 0.3) is 0 Å². The van der Waals surface area contributed by atoms with Crippen LogP contribution in [0.4, 0.5) is 5.13 Å². The monoisotopic (exact) mass is 312 g/mol. The first-order valence-corrected chi connectivity index (χ1v) is 8.67. The van der Waals surface area contributed by atoms with Crippen molar-refractivity contribution in [3.63, 3.8) is 0 Å². The van der Waals surface area contributed by atoms with Gasteiger partial charge in [0.05, 0.1) is 19.2 Å². The molecule has 1 aromatic rings. The number of anilines is 1. The van der Waals surface area contributed by atoms with Gasteiger partial charge in [0.2, 0.25) is 0 Å². The fraction of sp³-hybridized carbons (Fsp3) is 0.750. The molecule has 120 valence electrons. The van der Waals surface area contributed by atoms with Gasteiger partial charge in [-0.1, -0.05) is 27.7 Å². The zero-order valence-electron chi connectivity index (χ0n) is 13.9. The minimum Gasteiger partial charge on any atom is -0.469 e. The summed E-state index contributed by atoms with van der Waals surface area (Å²) in [6.45, 7) is 9.96. The van der Waals surface area contributed by atoms with Crippen molar-refractivity contribution in [2.45, 2.75) is 59.4 Å². The average molecular weight is 312 g/mol. The average Bonchev–Trinajstić information content (AvgIpc) is 2.93. The topological polar surface area (TPSA) is 42.4 Å². The molecule has 0 N–H and O–H groups in total. The van der Waals surface area contributed by atoms with E-state index < -0.39 is 0 Å². The highest BCUT2D eigenvalue weighted by Crippen LogP contribution is 2.26. The van der Waals surface area contributed by atoms with E-state index in [-0.39, 0.29) is 5.97 Å². The molecule has 4 nitrogen and oxygen atoms in total. The van der Waals surface area contributed by atoms with Crippen LogP contribution in [0, 0.1) is 5.92 Å². The van der Waals surface area contributed by atoms with Crippen LogP contribution < -0.4 is 4.90 Å². The SMILES string of the molecule is CCC(CC)N(CC(C)C)c1nc(CCC(=O)OC)cs1. The summed E-state index contributed by atoms with van der Waals surface area (Å²) in [5, 5.41) is 3.14. The predicted octanol–water partition coefficient (Wildman–Crippen LogP) is 3.90. The Balaban J connectivity index is 2.78. The summed E-state index contributed by atoms with van der Waals surface area (Å²) < 4.78 is 4.68. The van der Waals surface area contributed by atoms with Gasteiger partial charge in [0.25, 0.3) is 0 Å². The lowest BCUT2D eigenvalue weighted by molar-refractivity contribution is -0.140. The number of aromatic nitrogens is 1. The molecule has 0 unspecified atom stereocenters. The fourth-order valence-corrected chi connectivity index (χ4v) is 3.32. The summed E-state index contributed by atoms with van der Waals surface area (Å²) in [5.74, 6) is 0.427. The number of hydrogen-bond acceptors (Lipinski definition) is 5. The molecule has 0 amide bonds. The third-order valence-electron chi connectivity index (χ3n) is 3.54. The van der Waals surface area contributed by atoms with Crippen LogP contribution in [-0.2, 0) is 16.0 Å². The zero-order chi connectivity index (χ0) is 15.8. The number of aryl methyl sites for hydroxylation is 1. The van der Waals surface area contributed by atoms with Gasteiger partial charge in [0.1, 0.15) is 0 Å². The second-order valence-corrected chi connectivity index (χ2v) is 6.55. The summed E-state index contributed by atoms with van der Waals surface area (Å²) in [6, 6.07) is 0.534.